The van der Waals surface area contributed by atoms with Gasteiger partial charge in [-0.05, 0) is 129 Å². The van der Waals surface area contributed by atoms with Gasteiger partial charge >= 0.3 is 0 Å². The third-order valence-corrected chi connectivity index (χ3v) is 9.41. The summed E-state index contributed by atoms with van der Waals surface area (Å²) in [4.78, 5) is 8.58. The minimum Gasteiger partial charge on any atom is -0.321 e. The normalized spacial score (nSPS) is 13.1. The third-order valence-electron chi connectivity index (χ3n) is 9.41. The summed E-state index contributed by atoms with van der Waals surface area (Å²) in [5.41, 5.74) is 18.0. The summed E-state index contributed by atoms with van der Waals surface area (Å²) in [5.74, 6) is 0. The highest BCUT2D eigenvalue weighted by atomic mass is 14.7. The van der Waals surface area contributed by atoms with E-state index in [1.165, 1.54) is 54.9 Å². The molecule has 7 aromatic rings. The fraction of sp³-hybridized carbons (Fsp3) is 0.120. The molecule has 53 heavy (non-hydrogen) atoms. The summed E-state index contributed by atoms with van der Waals surface area (Å²) in [7, 11) is 0. The maximum Gasteiger partial charge on any atom is 0.0673 e. The van der Waals surface area contributed by atoms with E-state index < -0.39 is 0 Å². The maximum absolute atomic E-state index is 6.14. The molecule has 1 unspecified atom stereocenters. The van der Waals surface area contributed by atoms with Crippen molar-refractivity contribution in [3.8, 4) is 11.1 Å². The fourth-order valence-electron chi connectivity index (χ4n) is 6.78. The Balaban J connectivity index is 0.000000204. The Hall–Kier alpha value is -6.16. The van der Waals surface area contributed by atoms with E-state index in [1.807, 2.05) is 92.9 Å². The van der Waals surface area contributed by atoms with Gasteiger partial charge in [0.1, 0.15) is 0 Å². The molecule has 1 aliphatic rings. The van der Waals surface area contributed by atoms with Gasteiger partial charge in [0.2, 0.25) is 0 Å². The predicted octanol–water partition coefficient (Wildman–Crippen LogP) is 13.1. The van der Waals surface area contributed by atoms with Gasteiger partial charge in [0.15, 0.2) is 0 Å². The van der Waals surface area contributed by atoms with Gasteiger partial charge in [-0.2, -0.15) is 0 Å². The molecule has 0 aliphatic heterocycles. The molecule has 0 saturated carbocycles. The van der Waals surface area contributed by atoms with Gasteiger partial charge in [-0.15, -0.1) is 0 Å². The molecule has 2 N–H and O–H groups in total. The maximum atomic E-state index is 6.14. The topological polar surface area (TPSA) is 51.3 Å². The zero-order valence-corrected chi connectivity index (χ0v) is 30.9. The Morgan fingerprint density at radius 1 is 0.660 bits per heavy atom. The van der Waals surface area contributed by atoms with Crippen LogP contribution in [0.4, 0.5) is 0 Å². The van der Waals surface area contributed by atoms with Crippen LogP contribution in [-0.4, -0.2) is 11.7 Å². The molecule has 3 nitrogen and oxygen atoms in total. The highest BCUT2D eigenvalue weighted by Crippen LogP contribution is 2.36. The van der Waals surface area contributed by atoms with E-state index in [-0.39, 0.29) is 6.04 Å². The second-order valence-corrected chi connectivity index (χ2v) is 12.9. The van der Waals surface area contributed by atoms with E-state index in [0.29, 0.717) is 0 Å². The summed E-state index contributed by atoms with van der Waals surface area (Å²) in [6, 6.07) is 52.7. The van der Waals surface area contributed by atoms with Crippen LogP contribution in [0.15, 0.2) is 181 Å². The number of rotatable bonds is 7. The number of aromatic nitrogens is 1. The zero-order chi connectivity index (χ0) is 37.0. The van der Waals surface area contributed by atoms with Crippen LogP contribution in [0.25, 0.3) is 49.5 Å². The van der Waals surface area contributed by atoms with Crippen LogP contribution in [0.5, 0.6) is 0 Å². The number of pyridine rings is 1. The molecule has 1 atom stereocenters. The van der Waals surface area contributed by atoms with Gasteiger partial charge in [-0.1, -0.05) is 147 Å². The lowest BCUT2D eigenvalue weighted by molar-refractivity contribution is 0.911. The van der Waals surface area contributed by atoms with Crippen LogP contribution >= 0.6 is 0 Å². The average Bonchev–Trinajstić information content (AvgIpc) is 3.23. The van der Waals surface area contributed by atoms with Crippen LogP contribution in [-0.2, 0) is 0 Å². The van der Waals surface area contributed by atoms with Gasteiger partial charge in [-0.25, -0.2) is 0 Å². The minimum absolute atomic E-state index is 0.174. The fourth-order valence-corrected chi connectivity index (χ4v) is 6.78. The van der Waals surface area contributed by atoms with Crippen LogP contribution in [0, 0.1) is 6.92 Å². The summed E-state index contributed by atoms with van der Waals surface area (Å²) in [6.07, 6.45) is 10.4. The molecule has 262 valence electrons. The van der Waals surface area contributed by atoms with Crippen molar-refractivity contribution in [1.29, 1.82) is 0 Å². The van der Waals surface area contributed by atoms with E-state index >= 15 is 0 Å². The first-order valence-electron chi connectivity index (χ1n) is 18.5. The molecular formula is C50H47N3. The molecule has 3 heteroatoms. The van der Waals surface area contributed by atoms with Crippen LogP contribution in [0.3, 0.4) is 0 Å². The number of hydrogen-bond donors (Lipinski definition) is 1. The van der Waals surface area contributed by atoms with Crippen LogP contribution in [0.1, 0.15) is 60.7 Å². The van der Waals surface area contributed by atoms with E-state index in [9.17, 15) is 0 Å². The molecule has 0 spiro atoms. The molecule has 0 amide bonds. The van der Waals surface area contributed by atoms with E-state index in [0.717, 1.165) is 35.4 Å². The van der Waals surface area contributed by atoms with Crippen molar-refractivity contribution in [2.75, 3.05) is 0 Å². The van der Waals surface area contributed by atoms with Crippen molar-refractivity contribution in [2.24, 2.45) is 10.7 Å². The molecule has 0 bridgehead atoms. The average molecular weight is 690 g/mol. The lowest BCUT2D eigenvalue weighted by Crippen LogP contribution is -2.07. The molecule has 0 radical (unpaired) electrons. The van der Waals surface area contributed by atoms with Gasteiger partial charge in [0.25, 0.3) is 0 Å². The molecule has 0 fully saturated rings. The molecule has 6 aromatic carbocycles. The Bertz CT molecular complexity index is 2390. The molecular weight excluding hydrogens is 643 g/mol. The Morgan fingerprint density at radius 2 is 1.28 bits per heavy atom. The molecule has 8 rings (SSSR count). The van der Waals surface area contributed by atoms with E-state index in [4.69, 9.17) is 5.73 Å². The van der Waals surface area contributed by atoms with Gasteiger partial charge < -0.3 is 5.73 Å². The summed E-state index contributed by atoms with van der Waals surface area (Å²) < 4.78 is 0. The van der Waals surface area contributed by atoms with Gasteiger partial charge in [-0.3, -0.25) is 9.98 Å². The summed E-state index contributed by atoms with van der Waals surface area (Å²) in [5, 5.41) is 5.17. The van der Waals surface area contributed by atoms with Crippen molar-refractivity contribution in [2.45, 2.75) is 39.7 Å². The quantitative estimate of drug-likeness (QED) is 0.134. The van der Waals surface area contributed by atoms with E-state index in [2.05, 4.69) is 121 Å². The number of allylic oxidation sites excluding steroid dienone is 4. The summed E-state index contributed by atoms with van der Waals surface area (Å²) >= 11 is 0. The number of nitrogens with two attached hydrogens (primary N) is 1. The van der Waals surface area contributed by atoms with Crippen LogP contribution in [0.2, 0.25) is 0 Å². The first-order valence-corrected chi connectivity index (χ1v) is 18.5. The zero-order valence-electron chi connectivity index (χ0n) is 30.9. The number of benzene rings is 6. The van der Waals surface area contributed by atoms with Gasteiger partial charge in [0, 0.05) is 6.20 Å². The Kier molecular flexibility index (Phi) is 12.3. The SMILES string of the molecule is C=N/C(=C\C(N)c1ccccc1)c1ccccc1.CC.Cc1cc(C2=CC=C(c3ccccn3)CC2)cc(-c2cccc3cc4ccccc4cc23)c1. The molecule has 1 aromatic heterocycles. The monoisotopic (exact) mass is 689 g/mol. The number of nitrogens with zero attached hydrogens (tertiary/aromatic N) is 2. The third kappa shape index (κ3) is 9.02. The Labute approximate surface area is 314 Å². The van der Waals surface area contributed by atoms with Crippen molar-refractivity contribution in [3.05, 3.63) is 204 Å². The predicted molar refractivity (Wildman–Crippen MR) is 230 cm³/mol. The van der Waals surface area contributed by atoms with Crippen molar-refractivity contribution in [1.82, 2.24) is 4.98 Å². The molecule has 0 saturated heterocycles. The first-order chi connectivity index (χ1) is 26.1. The van der Waals surface area contributed by atoms with Crippen molar-refractivity contribution >= 4 is 45.1 Å². The number of fused-ring (bicyclic) bond motifs is 2. The standard InChI is InChI=1S/C32H25N.C16H16N2.C2H6/c1-22-17-28(23-12-14-24(15-13-23)32-11-4-5-16-33-32)20-29(18-22)30-10-6-9-27-19-25-7-2-3-8-26(25)21-31(27)30;1-18-16(14-10-6-3-7-11-14)12-15(17)13-8-4-2-5-9-13;1-2/h2-12,14,16-21H,13,15H2,1H3;2-12,15H,1,17H2;1-2H3/b;16-12-;. The Morgan fingerprint density at radius 3 is 1.96 bits per heavy atom. The smallest absolute Gasteiger partial charge is 0.0673 e. The lowest BCUT2D eigenvalue weighted by Gasteiger charge is -2.17. The highest BCUT2D eigenvalue weighted by Gasteiger charge is 2.13. The van der Waals surface area contributed by atoms with Crippen molar-refractivity contribution in [3.63, 3.8) is 0 Å². The van der Waals surface area contributed by atoms with Gasteiger partial charge in [0.05, 0.1) is 17.4 Å². The summed E-state index contributed by atoms with van der Waals surface area (Å²) in [6.45, 7) is 9.81. The first kappa shape index (κ1) is 36.6. The molecule has 1 heterocycles. The largest absolute Gasteiger partial charge is 0.321 e. The minimum atomic E-state index is -0.174. The highest BCUT2D eigenvalue weighted by molar-refractivity contribution is 6.05. The molecule has 1 aliphatic carbocycles. The number of aliphatic imine (C=N–C) groups is 1. The van der Waals surface area contributed by atoms with Crippen molar-refractivity contribution < 1.29 is 0 Å². The lowest BCUT2D eigenvalue weighted by atomic mass is 9.88. The number of hydrogen-bond acceptors (Lipinski definition) is 3. The van der Waals surface area contributed by atoms with E-state index in [1.54, 1.807) is 0 Å². The van der Waals surface area contributed by atoms with Crippen LogP contribution < -0.4 is 5.73 Å². The number of aryl methyl sites for hydroxylation is 1. The second-order valence-electron chi connectivity index (χ2n) is 12.9. The second kappa shape index (κ2) is 17.9.